The Balaban J connectivity index is 2.98. The van der Waals surface area contributed by atoms with Crippen LogP contribution in [0.25, 0.3) is 0 Å². The second-order valence-electron chi connectivity index (χ2n) is 5.30. The van der Waals surface area contributed by atoms with Gasteiger partial charge in [-0.05, 0) is 24.6 Å². The average Bonchev–Trinajstić information content (AvgIpc) is 2.48. The summed E-state index contributed by atoms with van der Waals surface area (Å²) < 4.78 is 26.4. The number of anilines is 1. The molecule has 0 aliphatic carbocycles. The largest absolute Gasteiger partial charge is 0.326 e. The molecule has 1 rings (SSSR count). The highest BCUT2D eigenvalue weighted by Gasteiger charge is 2.22. The Morgan fingerprint density at radius 3 is 2.41 bits per heavy atom. The number of rotatable bonds is 8. The molecule has 22 heavy (non-hydrogen) atoms. The number of benzene rings is 1. The van der Waals surface area contributed by atoms with Gasteiger partial charge >= 0.3 is 0 Å². The molecule has 1 atom stereocenters. The van der Waals surface area contributed by atoms with Gasteiger partial charge in [0.1, 0.15) is 0 Å². The van der Waals surface area contributed by atoms with Gasteiger partial charge in [0, 0.05) is 24.7 Å². The third-order valence-corrected chi connectivity index (χ3v) is 5.66. The Kier molecular flexibility index (Phi) is 7.03. The van der Waals surface area contributed by atoms with Crippen LogP contribution in [0.5, 0.6) is 0 Å². The molecule has 0 fully saturated rings. The Labute approximate surface area is 133 Å². The van der Waals surface area contributed by atoms with Crippen molar-refractivity contribution < 1.29 is 13.2 Å². The van der Waals surface area contributed by atoms with E-state index in [-0.39, 0.29) is 16.7 Å². The maximum Gasteiger partial charge on any atom is 0.243 e. The van der Waals surface area contributed by atoms with Crippen LogP contribution in [-0.2, 0) is 14.8 Å². The highest BCUT2D eigenvalue weighted by Crippen LogP contribution is 2.20. The topological polar surface area (TPSA) is 66.5 Å². The Bertz CT molecular complexity index is 595. The molecule has 5 nitrogen and oxygen atoms in total. The van der Waals surface area contributed by atoms with Gasteiger partial charge in [-0.2, -0.15) is 4.31 Å². The van der Waals surface area contributed by atoms with Crippen molar-refractivity contribution in [3.8, 4) is 0 Å². The molecule has 124 valence electrons. The number of carbonyl (C=O) groups excluding carboxylic acids is 1. The highest BCUT2D eigenvalue weighted by atomic mass is 32.2. The molecule has 0 radical (unpaired) electrons. The van der Waals surface area contributed by atoms with Crippen molar-refractivity contribution in [3.05, 3.63) is 24.3 Å². The molecule has 0 aliphatic heterocycles. The lowest BCUT2D eigenvalue weighted by atomic mass is 10.1. The molecule has 1 aromatic rings. The predicted molar refractivity (Wildman–Crippen MR) is 89.3 cm³/mol. The maximum absolute atomic E-state index is 12.5. The van der Waals surface area contributed by atoms with Crippen molar-refractivity contribution in [2.24, 2.45) is 5.92 Å². The number of amides is 1. The summed E-state index contributed by atoms with van der Waals surface area (Å²) in [7, 11) is -3.51. The molecule has 0 unspecified atom stereocenters. The molecule has 1 N–H and O–H groups in total. The van der Waals surface area contributed by atoms with E-state index in [4.69, 9.17) is 0 Å². The standard InChI is InChI=1S/C16H26N2O3S/c1-5-9-13(4)16(19)17-14-10-8-11-15(12-14)22(20,21)18(6-2)7-3/h8,10-13H,5-7,9H2,1-4H3,(H,17,19)/t13-/m1/s1. The third-order valence-electron chi connectivity index (χ3n) is 3.61. The fraction of sp³-hybridized carbons (Fsp3) is 0.562. The Morgan fingerprint density at radius 1 is 1.23 bits per heavy atom. The van der Waals surface area contributed by atoms with Crippen molar-refractivity contribution in [3.63, 3.8) is 0 Å². The van der Waals surface area contributed by atoms with Crippen molar-refractivity contribution in [1.82, 2.24) is 4.31 Å². The van der Waals surface area contributed by atoms with Gasteiger partial charge in [-0.15, -0.1) is 0 Å². The first kappa shape index (κ1) is 18.6. The highest BCUT2D eigenvalue weighted by molar-refractivity contribution is 7.89. The van der Waals surface area contributed by atoms with Crippen molar-refractivity contribution in [2.45, 2.75) is 45.4 Å². The van der Waals surface area contributed by atoms with Crippen molar-refractivity contribution in [2.75, 3.05) is 18.4 Å². The molecule has 1 amide bonds. The zero-order valence-electron chi connectivity index (χ0n) is 13.8. The first-order valence-corrected chi connectivity index (χ1v) is 9.21. The van der Waals surface area contributed by atoms with E-state index in [1.54, 1.807) is 32.0 Å². The monoisotopic (exact) mass is 326 g/mol. The van der Waals surface area contributed by atoms with Crippen molar-refractivity contribution >= 4 is 21.6 Å². The van der Waals surface area contributed by atoms with E-state index < -0.39 is 10.0 Å². The number of hydrogen-bond acceptors (Lipinski definition) is 3. The fourth-order valence-corrected chi connectivity index (χ4v) is 3.78. The summed E-state index contributed by atoms with van der Waals surface area (Å²) in [6.45, 7) is 8.35. The van der Waals surface area contributed by atoms with Gasteiger partial charge in [0.15, 0.2) is 0 Å². The number of nitrogens with one attached hydrogen (secondary N) is 1. The molecule has 6 heteroatoms. The zero-order valence-corrected chi connectivity index (χ0v) is 14.6. The van der Waals surface area contributed by atoms with Gasteiger partial charge in [-0.1, -0.05) is 40.2 Å². The molecule has 0 aromatic heterocycles. The van der Waals surface area contributed by atoms with Crippen LogP contribution in [0, 0.1) is 5.92 Å². The molecule has 0 heterocycles. The lowest BCUT2D eigenvalue weighted by molar-refractivity contribution is -0.119. The first-order valence-electron chi connectivity index (χ1n) is 7.77. The summed E-state index contributed by atoms with van der Waals surface area (Å²) in [6, 6.07) is 6.43. The lowest BCUT2D eigenvalue weighted by Gasteiger charge is -2.19. The molecular formula is C16H26N2O3S. The smallest absolute Gasteiger partial charge is 0.243 e. The van der Waals surface area contributed by atoms with Crippen LogP contribution >= 0.6 is 0 Å². The van der Waals surface area contributed by atoms with Gasteiger partial charge in [0.2, 0.25) is 15.9 Å². The van der Waals surface area contributed by atoms with Gasteiger partial charge < -0.3 is 5.32 Å². The summed E-state index contributed by atoms with van der Waals surface area (Å²) in [6.07, 6.45) is 1.74. The third kappa shape index (κ3) is 4.55. The second-order valence-corrected chi connectivity index (χ2v) is 7.23. The lowest BCUT2D eigenvalue weighted by Crippen LogP contribution is -2.30. The van der Waals surface area contributed by atoms with Gasteiger partial charge in [0.05, 0.1) is 4.90 Å². The van der Waals surface area contributed by atoms with Gasteiger partial charge in [-0.25, -0.2) is 8.42 Å². The minimum absolute atomic E-state index is 0.0840. The second kappa shape index (κ2) is 8.29. The van der Waals surface area contributed by atoms with Gasteiger partial charge in [0.25, 0.3) is 0 Å². The van der Waals surface area contributed by atoms with E-state index in [2.05, 4.69) is 5.32 Å². The van der Waals surface area contributed by atoms with E-state index in [9.17, 15) is 13.2 Å². The summed E-state index contributed by atoms with van der Waals surface area (Å²) in [5.41, 5.74) is 0.515. The number of sulfonamides is 1. The maximum atomic E-state index is 12.5. The van der Waals surface area contributed by atoms with Crippen LogP contribution in [0.15, 0.2) is 29.2 Å². The van der Waals surface area contributed by atoms with E-state index in [1.807, 2.05) is 13.8 Å². The molecule has 0 saturated carbocycles. The summed E-state index contributed by atoms with van der Waals surface area (Å²) in [5.74, 6) is -0.174. The molecule has 0 aliphatic rings. The van der Waals surface area contributed by atoms with Crippen LogP contribution in [-0.4, -0.2) is 31.7 Å². The number of hydrogen-bond donors (Lipinski definition) is 1. The zero-order chi connectivity index (χ0) is 16.8. The minimum Gasteiger partial charge on any atom is -0.326 e. The van der Waals surface area contributed by atoms with E-state index in [1.165, 1.54) is 10.4 Å². The van der Waals surface area contributed by atoms with Crippen LogP contribution in [0.4, 0.5) is 5.69 Å². The Hall–Kier alpha value is -1.40. The fourth-order valence-electron chi connectivity index (χ4n) is 2.28. The summed E-state index contributed by atoms with van der Waals surface area (Å²) in [4.78, 5) is 12.2. The van der Waals surface area contributed by atoms with Crippen LogP contribution < -0.4 is 5.32 Å². The van der Waals surface area contributed by atoms with Crippen LogP contribution in [0.1, 0.15) is 40.5 Å². The molecule has 0 spiro atoms. The number of nitrogens with zero attached hydrogens (tertiary/aromatic N) is 1. The molecule has 1 aromatic carbocycles. The first-order chi connectivity index (χ1) is 10.4. The van der Waals surface area contributed by atoms with E-state index in [0.717, 1.165) is 12.8 Å². The quantitative estimate of drug-likeness (QED) is 0.798. The molecule has 0 bridgehead atoms. The predicted octanol–water partition coefficient (Wildman–Crippen LogP) is 3.09. The van der Waals surface area contributed by atoms with Crippen molar-refractivity contribution in [1.29, 1.82) is 0 Å². The normalized spacial score (nSPS) is 13.1. The average molecular weight is 326 g/mol. The Morgan fingerprint density at radius 2 is 1.86 bits per heavy atom. The van der Waals surface area contributed by atoms with E-state index in [0.29, 0.717) is 18.8 Å². The number of carbonyl (C=O) groups is 1. The SMILES string of the molecule is CCC[C@@H](C)C(=O)Nc1cccc(S(=O)(=O)N(CC)CC)c1. The van der Waals surface area contributed by atoms with Crippen LogP contribution in [0.3, 0.4) is 0 Å². The summed E-state index contributed by atoms with van der Waals surface area (Å²) >= 11 is 0. The van der Waals surface area contributed by atoms with Crippen LogP contribution in [0.2, 0.25) is 0 Å². The molecular weight excluding hydrogens is 300 g/mol. The molecule has 0 saturated heterocycles. The van der Waals surface area contributed by atoms with Gasteiger partial charge in [-0.3, -0.25) is 4.79 Å². The van der Waals surface area contributed by atoms with E-state index >= 15 is 0 Å². The summed E-state index contributed by atoms with van der Waals surface area (Å²) in [5, 5.41) is 2.79. The minimum atomic E-state index is -3.51.